The predicted octanol–water partition coefficient (Wildman–Crippen LogP) is 1.43. The van der Waals surface area contributed by atoms with Crippen LogP contribution in [0.25, 0.3) is 0 Å². The summed E-state index contributed by atoms with van der Waals surface area (Å²) in [7, 11) is 0. The van der Waals surface area contributed by atoms with Crippen molar-refractivity contribution in [1.29, 1.82) is 0 Å². The second kappa shape index (κ2) is 5.60. The Kier molecular flexibility index (Phi) is 5.01. The van der Waals surface area contributed by atoms with E-state index in [4.69, 9.17) is 6.42 Å². The summed E-state index contributed by atoms with van der Waals surface area (Å²) in [5, 5.41) is 0. The van der Waals surface area contributed by atoms with Crippen molar-refractivity contribution < 1.29 is 14.3 Å². The van der Waals surface area contributed by atoms with Gasteiger partial charge in [-0.05, 0) is 5.92 Å². The summed E-state index contributed by atoms with van der Waals surface area (Å²) in [6.45, 7) is 4.21. The van der Waals surface area contributed by atoms with E-state index in [1.54, 1.807) is 0 Å². The van der Waals surface area contributed by atoms with Crippen LogP contribution in [0.1, 0.15) is 13.8 Å². The lowest BCUT2D eigenvalue weighted by Gasteiger charge is -2.05. The standard InChI is InChI=1S/C8H12O3/c1-4-5-10-8(9)11-6-7(2)3/h1,7H,5-6H2,2-3H3. The van der Waals surface area contributed by atoms with Crippen LogP contribution >= 0.6 is 0 Å². The van der Waals surface area contributed by atoms with Gasteiger partial charge in [0.2, 0.25) is 0 Å². The molecule has 3 heteroatoms. The molecule has 0 unspecified atom stereocenters. The molecular weight excluding hydrogens is 144 g/mol. The monoisotopic (exact) mass is 156 g/mol. The third kappa shape index (κ3) is 6.72. The van der Waals surface area contributed by atoms with Gasteiger partial charge >= 0.3 is 6.16 Å². The molecule has 0 radical (unpaired) electrons. The molecule has 0 aliphatic heterocycles. The lowest BCUT2D eigenvalue weighted by atomic mass is 10.2. The molecule has 0 aliphatic rings. The van der Waals surface area contributed by atoms with E-state index >= 15 is 0 Å². The highest BCUT2D eigenvalue weighted by Gasteiger charge is 2.02. The van der Waals surface area contributed by atoms with Gasteiger partial charge in [-0.25, -0.2) is 4.79 Å². The number of hydrogen-bond acceptors (Lipinski definition) is 3. The molecule has 0 aliphatic carbocycles. The first-order chi connectivity index (χ1) is 5.16. The van der Waals surface area contributed by atoms with Crippen molar-refractivity contribution in [2.45, 2.75) is 13.8 Å². The molecular formula is C8H12O3. The van der Waals surface area contributed by atoms with E-state index < -0.39 is 6.16 Å². The van der Waals surface area contributed by atoms with Crippen LogP contribution in [0.2, 0.25) is 0 Å². The third-order valence-electron chi connectivity index (χ3n) is 0.808. The minimum Gasteiger partial charge on any atom is -0.434 e. The molecule has 0 rings (SSSR count). The molecule has 0 bridgehead atoms. The average Bonchev–Trinajstić information content (AvgIpc) is 1.97. The number of ether oxygens (including phenoxy) is 2. The maximum Gasteiger partial charge on any atom is 0.509 e. The summed E-state index contributed by atoms with van der Waals surface area (Å²) in [4.78, 5) is 10.6. The molecule has 0 N–H and O–H groups in total. The van der Waals surface area contributed by atoms with Gasteiger partial charge in [0.15, 0.2) is 6.61 Å². The van der Waals surface area contributed by atoms with Crippen molar-refractivity contribution in [3.05, 3.63) is 0 Å². The van der Waals surface area contributed by atoms with Crippen molar-refractivity contribution in [1.82, 2.24) is 0 Å². The fourth-order valence-electron chi connectivity index (χ4n) is 0.377. The first-order valence-corrected chi connectivity index (χ1v) is 3.39. The molecule has 0 fully saturated rings. The largest absolute Gasteiger partial charge is 0.509 e. The topological polar surface area (TPSA) is 35.5 Å². The van der Waals surface area contributed by atoms with Crippen LogP contribution < -0.4 is 0 Å². The molecule has 3 nitrogen and oxygen atoms in total. The minimum atomic E-state index is -0.698. The molecule has 0 atom stereocenters. The van der Waals surface area contributed by atoms with Crippen molar-refractivity contribution in [2.24, 2.45) is 5.92 Å². The van der Waals surface area contributed by atoms with Crippen molar-refractivity contribution in [3.8, 4) is 12.3 Å². The van der Waals surface area contributed by atoms with E-state index in [0.29, 0.717) is 12.5 Å². The van der Waals surface area contributed by atoms with E-state index in [0.717, 1.165) is 0 Å². The van der Waals surface area contributed by atoms with Crippen LogP contribution in [-0.4, -0.2) is 19.4 Å². The van der Waals surface area contributed by atoms with Gasteiger partial charge in [-0.15, -0.1) is 6.42 Å². The zero-order chi connectivity index (χ0) is 8.69. The van der Waals surface area contributed by atoms with Gasteiger partial charge in [-0.1, -0.05) is 19.8 Å². The predicted molar refractivity (Wildman–Crippen MR) is 41.0 cm³/mol. The zero-order valence-electron chi connectivity index (χ0n) is 6.79. The summed E-state index contributed by atoms with van der Waals surface area (Å²) in [5.41, 5.74) is 0. The fourth-order valence-corrected chi connectivity index (χ4v) is 0.377. The highest BCUT2D eigenvalue weighted by atomic mass is 16.7. The second-order valence-corrected chi connectivity index (χ2v) is 2.45. The minimum absolute atomic E-state index is 0.0308. The van der Waals surface area contributed by atoms with Crippen molar-refractivity contribution >= 4 is 6.16 Å². The summed E-state index contributed by atoms with van der Waals surface area (Å²) < 4.78 is 9.09. The summed E-state index contributed by atoms with van der Waals surface area (Å²) >= 11 is 0. The average molecular weight is 156 g/mol. The Hall–Kier alpha value is -1.17. The molecule has 0 aromatic carbocycles. The highest BCUT2D eigenvalue weighted by Crippen LogP contribution is 1.94. The Labute approximate surface area is 66.7 Å². The molecule has 62 valence electrons. The fraction of sp³-hybridized carbons (Fsp3) is 0.625. The van der Waals surface area contributed by atoms with Gasteiger partial charge in [0, 0.05) is 0 Å². The first-order valence-electron chi connectivity index (χ1n) is 3.39. The highest BCUT2D eigenvalue weighted by molar-refractivity contribution is 5.60. The summed E-state index contributed by atoms with van der Waals surface area (Å²) in [6, 6.07) is 0. The van der Waals surface area contributed by atoms with Gasteiger partial charge in [-0.3, -0.25) is 0 Å². The Morgan fingerprint density at radius 3 is 2.64 bits per heavy atom. The third-order valence-corrected chi connectivity index (χ3v) is 0.808. The van der Waals surface area contributed by atoms with Crippen LogP contribution in [-0.2, 0) is 9.47 Å². The van der Waals surface area contributed by atoms with Gasteiger partial charge in [0.05, 0.1) is 6.61 Å². The van der Waals surface area contributed by atoms with Gasteiger partial charge < -0.3 is 9.47 Å². The molecule has 0 saturated carbocycles. The number of rotatable bonds is 3. The molecule has 0 saturated heterocycles. The first kappa shape index (κ1) is 9.83. The zero-order valence-corrected chi connectivity index (χ0v) is 6.79. The molecule has 0 aromatic heterocycles. The summed E-state index contributed by atoms with van der Waals surface area (Å²) in [6.07, 6.45) is 4.15. The number of terminal acetylenes is 1. The van der Waals surface area contributed by atoms with E-state index in [9.17, 15) is 4.79 Å². The summed E-state index contributed by atoms with van der Waals surface area (Å²) in [5.74, 6) is 2.48. The van der Waals surface area contributed by atoms with Gasteiger partial charge in [0.25, 0.3) is 0 Å². The number of carbonyl (C=O) groups is 1. The van der Waals surface area contributed by atoms with Gasteiger partial charge in [0.1, 0.15) is 0 Å². The van der Waals surface area contributed by atoms with E-state index in [1.165, 1.54) is 0 Å². The quantitative estimate of drug-likeness (QED) is 0.458. The van der Waals surface area contributed by atoms with Crippen LogP contribution in [0.3, 0.4) is 0 Å². The molecule has 0 heterocycles. The Balaban J connectivity index is 3.32. The smallest absolute Gasteiger partial charge is 0.434 e. The lowest BCUT2D eigenvalue weighted by Crippen LogP contribution is -2.11. The van der Waals surface area contributed by atoms with Crippen LogP contribution in [0.15, 0.2) is 0 Å². The van der Waals surface area contributed by atoms with E-state index in [-0.39, 0.29) is 6.61 Å². The van der Waals surface area contributed by atoms with E-state index in [2.05, 4.69) is 15.4 Å². The normalized spacial score (nSPS) is 8.91. The number of hydrogen-bond donors (Lipinski definition) is 0. The van der Waals surface area contributed by atoms with Crippen LogP contribution in [0.4, 0.5) is 4.79 Å². The second-order valence-electron chi connectivity index (χ2n) is 2.45. The van der Waals surface area contributed by atoms with E-state index in [1.807, 2.05) is 13.8 Å². The Morgan fingerprint density at radius 2 is 2.18 bits per heavy atom. The maximum atomic E-state index is 10.6. The maximum absolute atomic E-state index is 10.6. The van der Waals surface area contributed by atoms with Crippen molar-refractivity contribution in [2.75, 3.05) is 13.2 Å². The lowest BCUT2D eigenvalue weighted by molar-refractivity contribution is 0.0562. The SMILES string of the molecule is C#CCOC(=O)OCC(C)C. The molecule has 0 amide bonds. The molecule has 11 heavy (non-hydrogen) atoms. The van der Waals surface area contributed by atoms with Crippen molar-refractivity contribution in [3.63, 3.8) is 0 Å². The Morgan fingerprint density at radius 1 is 1.55 bits per heavy atom. The van der Waals surface area contributed by atoms with Crippen LogP contribution in [0.5, 0.6) is 0 Å². The van der Waals surface area contributed by atoms with Crippen LogP contribution in [0, 0.1) is 18.3 Å². The van der Waals surface area contributed by atoms with Gasteiger partial charge in [-0.2, -0.15) is 0 Å². The Bertz CT molecular complexity index is 155. The number of carbonyl (C=O) groups excluding carboxylic acids is 1. The molecule has 0 spiro atoms. The molecule has 0 aromatic rings.